The minimum Gasteiger partial charge on any atom is -0.313 e. The molecule has 1 unspecified atom stereocenters. The Labute approximate surface area is 111 Å². The largest absolute Gasteiger partial charge is 0.313 e. The molecule has 2 aliphatic rings. The van der Waals surface area contributed by atoms with Gasteiger partial charge in [0.2, 0.25) is 0 Å². The van der Waals surface area contributed by atoms with Gasteiger partial charge in [0, 0.05) is 12.6 Å². The maximum atomic E-state index is 3.71. The Hall–Kier alpha value is 0.270. The molecule has 100 valence electrons. The van der Waals surface area contributed by atoms with E-state index in [0.717, 1.165) is 5.92 Å². The van der Waals surface area contributed by atoms with Crippen LogP contribution >= 0.6 is 11.8 Å². The van der Waals surface area contributed by atoms with E-state index in [9.17, 15) is 0 Å². The lowest BCUT2D eigenvalue weighted by molar-refractivity contribution is 0.294. The summed E-state index contributed by atoms with van der Waals surface area (Å²) in [6, 6.07) is 0.672. The highest BCUT2D eigenvalue weighted by Crippen LogP contribution is 2.24. The summed E-state index contributed by atoms with van der Waals surface area (Å²) in [5, 5.41) is 3.71. The fraction of sp³-hybridized carbons (Fsp3) is 1.00. The average Bonchev–Trinajstić information content (AvgIpc) is 2.83. The molecule has 0 aromatic carbocycles. The van der Waals surface area contributed by atoms with Gasteiger partial charge in [-0.1, -0.05) is 0 Å². The van der Waals surface area contributed by atoms with Gasteiger partial charge in [0.15, 0.2) is 0 Å². The summed E-state index contributed by atoms with van der Waals surface area (Å²) in [5.41, 5.74) is 0. The lowest BCUT2D eigenvalue weighted by atomic mass is 9.99. The summed E-state index contributed by atoms with van der Waals surface area (Å²) in [6.45, 7) is 7.47. The monoisotopic (exact) mass is 256 g/mol. The van der Waals surface area contributed by atoms with Gasteiger partial charge < -0.3 is 10.2 Å². The molecule has 2 fully saturated rings. The first-order valence-electron chi connectivity index (χ1n) is 7.38. The van der Waals surface area contributed by atoms with Crippen LogP contribution in [-0.4, -0.2) is 48.6 Å². The van der Waals surface area contributed by atoms with Crippen LogP contribution in [0.4, 0.5) is 0 Å². The zero-order valence-electron chi connectivity index (χ0n) is 11.3. The molecular formula is C14H28N2S. The summed E-state index contributed by atoms with van der Waals surface area (Å²) < 4.78 is 0. The van der Waals surface area contributed by atoms with Crippen molar-refractivity contribution in [3.63, 3.8) is 0 Å². The minimum atomic E-state index is 0.672. The van der Waals surface area contributed by atoms with Crippen LogP contribution in [0.3, 0.4) is 0 Å². The lowest BCUT2D eigenvalue weighted by Crippen LogP contribution is -2.38. The number of hydrogen-bond donors (Lipinski definition) is 1. The van der Waals surface area contributed by atoms with E-state index < -0.39 is 0 Å². The Morgan fingerprint density at radius 3 is 2.65 bits per heavy atom. The average molecular weight is 256 g/mol. The van der Waals surface area contributed by atoms with E-state index in [1.54, 1.807) is 0 Å². The second-order valence-corrected chi connectivity index (χ2v) is 6.93. The number of likely N-dealkylation sites (tertiary alicyclic amines) is 1. The number of rotatable bonds is 6. The van der Waals surface area contributed by atoms with E-state index in [2.05, 4.69) is 28.9 Å². The summed E-state index contributed by atoms with van der Waals surface area (Å²) in [4.78, 5) is 2.61. The van der Waals surface area contributed by atoms with Gasteiger partial charge in [0.25, 0.3) is 0 Å². The minimum absolute atomic E-state index is 0.672. The molecule has 0 radical (unpaired) electrons. The molecule has 2 aliphatic heterocycles. The molecule has 2 heterocycles. The Balaban J connectivity index is 1.51. The molecule has 0 saturated carbocycles. The van der Waals surface area contributed by atoms with E-state index in [0.29, 0.717) is 6.04 Å². The van der Waals surface area contributed by atoms with Crippen molar-refractivity contribution in [2.75, 3.05) is 37.7 Å². The zero-order chi connectivity index (χ0) is 11.9. The molecule has 0 aromatic heterocycles. The van der Waals surface area contributed by atoms with Gasteiger partial charge in [-0.3, -0.25) is 0 Å². The molecule has 0 aliphatic carbocycles. The third kappa shape index (κ3) is 5.19. The van der Waals surface area contributed by atoms with E-state index in [1.807, 2.05) is 0 Å². The predicted molar refractivity (Wildman–Crippen MR) is 77.8 cm³/mol. The second kappa shape index (κ2) is 7.65. The van der Waals surface area contributed by atoms with Crippen LogP contribution in [-0.2, 0) is 0 Å². The van der Waals surface area contributed by atoms with Crippen molar-refractivity contribution in [2.24, 2.45) is 5.92 Å². The Bertz CT molecular complexity index is 198. The first kappa shape index (κ1) is 13.7. The number of hydrogen-bond acceptors (Lipinski definition) is 3. The lowest BCUT2D eigenvalue weighted by Gasteiger charge is -2.24. The molecule has 17 heavy (non-hydrogen) atoms. The number of nitrogens with one attached hydrogen (secondary N) is 1. The van der Waals surface area contributed by atoms with Crippen LogP contribution in [0.15, 0.2) is 0 Å². The molecular weight excluding hydrogens is 228 g/mol. The van der Waals surface area contributed by atoms with E-state index >= 15 is 0 Å². The van der Waals surface area contributed by atoms with Gasteiger partial charge in [-0.2, -0.15) is 11.8 Å². The Morgan fingerprint density at radius 2 is 1.94 bits per heavy atom. The fourth-order valence-corrected chi connectivity index (χ4v) is 4.19. The van der Waals surface area contributed by atoms with Crippen molar-refractivity contribution in [2.45, 2.75) is 45.1 Å². The van der Waals surface area contributed by atoms with E-state index in [-0.39, 0.29) is 0 Å². The van der Waals surface area contributed by atoms with Crippen molar-refractivity contribution in [1.82, 2.24) is 10.2 Å². The maximum absolute atomic E-state index is 3.71. The number of thioether (sulfide) groups is 1. The van der Waals surface area contributed by atoms with Crippen molar-refractivity contribution < 1.29 is 0 Å². The fourth-order valence-electron chi connectivity index (χ4n) is 2.99. The normalized spacial score (nSPS) is 25.2. The summed E-state index contributed by atoms with van der Waals surface area (Å²) in [6.07, 6.45) is 7.11. The van der Waals surface area contributed by atoms with Crippen molar-refractivity contribution in [3.8, 4) is 0 Å². The molecule has 1 atom stereocenters. The summed E-state index contributed by atoms with van der Waals surface area (Å²) >= 11 is 2.13. The van der Waals surface area contributed by atoms with Crippen molar-refractivity contribution in [1.29, 1.82) is 0 Å². The SMILES string of the molecule is CC(CN1CCCC1)NCCC1CCSCC1. The highest BCUT2D eigenvalue weighted by atomic mass is 32.2. The Kier molecular flexibility index (Phi) is 6.16. The van der Waals surface area contributed by atoms with Crippen LogP contribution < -0.4 is 5.32 Å². The van der Waals surface area contributed by atoms with Crippen LogP contribution in [0.2, 0.25) is 0 Å². The molecule has 0 bridgehead atoms. The van der Waals surface area contributed by atoms with Crippen LogP contribution in [0.5, 0.6) is 0 Å². The summed E-state index contributed by atoms with van der Waals surface area (Å²) in [7, 11) is 0. The highest BCUT2D eigenvalue weighted by Gasteiger charge is 2.16. The van der Waals surface area contributed by atoms with Crippen LogP contribution in [0.25, 0.3) is 0 Å². The van der Waals surface area contributed by atoms with E-state index in [4.69, 9.17) is 0 Å². The predicted octanol–water partition coefficient (Wildman–Crippen LogP) is 2.59. The third-order valence-electron chi connectivity index (χ3n) is 4.12. The van der Waals surface area contributed by atoms with Gasteiger partial charge >= 0.3 is 0 Å². The molecule has 3 heteroatoms. The van der Waals surface area contributed by atoms with Gasteiger partial charge in [0.1, 0.15) is 0 Å². The maximum Gasteiger partial charge on any atom is 0.0166 e. The standard InChI is InChI=1S/C14H28N2S/c1-13(12-16-8-2-3-9-16)15-7-4-14-5-10-17-11-6-14/h13-15H,2-12H2,1H3. The first-order valence-corrected chi connectivity index (χ1v) is 8.53. The third-order valence-corrected chi connectivity index (χ3v) is 5.17. The molecule has 0 spiro atoms. The molecule has 0 aromatic rings. The number of nitrogens with zero attached hydrogens (tertiary/aromatic N) is 1. The smallest absolute Gasteiger partial charge is 0.0166 e. The highest BCUT2D eigenvalue weighted by molar-refractivity contribution is 7.99. The molecule has 2 saturated heterocycles. The van der Waals surface area contributed by atoms with Crippen molar-refractivity contribution in [3.05, 3.63) is 0 Å². The van der Waals surface area contributed by atoms with Gasteiger partial charge in [-0.15, -0.1) is 0 Å². The summed E-state index contributed by atoms with van der Waals surface area (Å²) in [5.74, 6) is 3.80. The zero-order valence-corrected chi connectivity index (χ0v) is 12.1. The topological polar surface area (TPSA) is 15.3 Å². The van der Waals surface area contributed by atoms with Gasteiger partial charge in [-0.05, 0) is 76.1 Å². The second-order valence-electron chi connectivity index (χ2n) is 5.71. The molecule has 2 nitrogen and oxygen atoms in total. The Morgan fingerprint density at radius 1 is 1.24 bits per heavy atom. The van der Waals surface area contributed by atoms with Gasteiger partial charge in [0.05, 0.1) is 0 Å². The van der Waals surface area contributed by atoms with Gasteiger partial charge in [-0.25, -0.2) is 0 Å². The van der Waals surface area contributed by atoms with Crippen LogP contribution in [0.1, 0.15) is 39.0 Å². The molecule has 2 rings (SSSR count). The first-order chi connectivity index (χ1) is 8.34. The van der Waals surface area contributed by atoms with E-state index in [1.165, 1.54) is 69.8 Å². The molecule has 0 amide bonds. The quantitative estimate of drug-likeness (QED) is 0.786. The van der Waals surface area contributed by atoms with Crippen molar-refractivity contribution >= 4 is 11.8 Å². The molecule has 1 N–H and O–H groups in total. The van der Waals surface area contributed by atoms with Crippen LogP contribution in [0, 0.1) is 5.92 Å².